The molecule has 1 unspecified atom stereocenters. The minimum absolute atomic E-state index is 0.321. The maximum absolute atomic E-state index is 11.5. The predicted molar refractivity (Wildman–Crippen MR) is 81.9 cm³/mol. The van der Waals surface area contributed by atoms with Crippen LogP contribution >= 0.6 is 0 Å². The van der Waals surface area contributed by atoms with Crippen molar-refractivity contribution in [1.29, 1.82) is 0 Å². The van der Waals surface area contributed by atoms with Crippen molar-refractivity contribution in [2.24, 2.45) is 5.92 Å². The lowest BCUT2D eigenvalue weighted by Crippen LogP contribution is -2.21. The van der Waals surface area contributed by atoms with Crippen molar-refractivity contribution in [3.05, 3.63) is 22.9 Å². The van der Waals surface area contributed by atoms with Crippen molar-refractivity contribution in [3.63, 3.8) is 0 Å². The molecular formula is C16H23N3O2. The third-order valence-corrected chi connectivity index (χ3v) is 4.58. The van der Waals surface area contributed by atoms with Crippen molar-refractivity contribution < 1.29 is 9.90 Å². The van der Waals surface area contributed by atoms with E-state index in [1.54, 1.807) is 0 Å². The van der Waals surface area contributed by atoms with Gasteiger partial charge in [0, 0.05) is 18.8 Å². The summed E-state index contributed by atoms with van der Waals surface area (Å²) in [5.74, 6) is 0.245. The van der Waals surface area contributed by atoms with Gasteiger partial charge in [0.2, 0.25) is 0 Å². The number of likely N-dealkylation sites (tertiary alicyclic amines) is 1. The van der Waals surface area contributed by atoms with Gasteiger partial charge in [-0.15, -0.1) is 0 Å². The second kappa shape index (κ2) is 6.02. The second-order valence-corrected chi connectivity index (χ2v) is 6.30. The van der Waals surface area contributed by atoms with Gasteiger partial charge in [0.15, 0.2) is 0 Å². The molecule has 0 radical (unpaired) electrons. The lowest BCUT2D eigenvalue weighted by atomic mass is 9.94. The number of carbonyl (C=O) groups is 1. The summed E-state index contributed by atoms with van der Waals surface area (Å²) in [7, 11) is 2.12. The Hall–Kier alpha value is -1.62. The highest BCUT2D eigenvalue weighted by molar-refractivity contribution is 5.93. The van der Waals surface area contributed by atoms with E-state index >= 15 is 0 Å². The molecule has 0 saturated carbocycles. The largest absolute Gasteiger partial charge is 0.478 e. The number of nitrogens with one attached hydrogen (secondary N) is 1. The van der Waals surface area contributed by atoms with Crippen molar-refractivity contribution in [2.45, 2.75) is 32.1 Å². The molecule has 0 spiro atoms. The number of aromatic nitrogens is 1. The summed E-state index contributed by atoms with van der Waals surface area (Å²) in [4.78, 5) is 18.4. The van der Waals surface area contributed by atoms with Crippen molar-refractivity contribution in [1.82, 2.24) is 9.88 Å². The van der Waals surface area contributed by atoms with Gasteiger partial charge in [0.05, 0.1) is 0 Å². The Balaban J connectivity index is 1.77. The van der Waals surface area contributed by atoms with Crippen molar-refractivity contribution >= 4 is 11.8 Å². The van der Waals surface area contributed by atoms with Gasteiger partial charge >= 0.3 is 5.97 Å². The monoisotopic (exact) mass is 289 g/mol. The maximum atomic E-state index is 11.5. The molecule has 2 N–H and O–H groups in total. The smallest absolute Gasteiger partial charge is 0.339 e. The first-order chi connectivity index (χ1) is 10.1. The molecule has 1 aliphatic heterocycles. The molecule has 1 aromatic heterocycles. The molecule has 1 aromatic rings. The van der Waals surface area contributed by atoms with E-state index in [9.17, 15) is 9.90 Å². The van der Waals surface area contributed by atoms with Crippen LogP contribution in [-0.4, -0.2) is 47.6 Å². The molecule has 1 atom stereocenters. The van der Waals surface area contributed by atoms with Crippen LogP contribution in [0.1, 0.15) is 40.9 Å². The fourth-order valence-electron chi connectivity index (χ4n) is 3.37. The Morgan fingerprint density at radius 3 is 3.00 bits per heavy atom. The molecule has 114 valence electrons. The van der Waals surface area contributed by atoms with Crippen LogP contribution in [0.25, 0.3) is 0 Å². The summed E-state index contributed by atoms with van der Waals surface area (Å²) < 4.78 is 0. The first-order valence-corrected chi connectivity index (χ1v) is 7.82. The van der Waals surface area contributed by atoms with Crippen molar-refractivity contribution in [2.75, 3.05) is 32.0 Å². The SMILES string of the molecule is CN1CCC(CNc2nc3c(cc2C(=O)O)CCCC3)C1. The van der Waals surface area contributed by atoms with Gasteiger partial charge in [-0.25, -0.2) is 9.78 Å². The highest BCUT2D eigenvalue weighted by Crippen LogP contribution is 2.25. The van der Waals surface area contributed by atoms with E-state index in [-0.39, 0.29) is 0 Å². The number of fused-ring (bicyclic) bond motifs is 1. The summed E-state index contributed by atoms with van der Waals surface area (Å²) in [6.45, 7) is 2.99. The van der Waals surface area contributed by atoms with Crippen LogP contribution in [-0.2, 0) is 12.8 Å². The topological polar surface area (TPSA) is 65.5 Å². The average molecular weight is 289 g/mol. The van der Waals surface area contributed by atoms with Crippen LogP contribution in [0.3, 0.4) is 0 Å². The van der Waals surface area contributed by atoms with E-state index in [4.69, 9.17) is 0 Å². The van der Waals surface area contributed by atoms with E-state index in [0.717, 1.165) is 63.0 Å². The number of pyridine rings is 1. The number of nitrogens with zero attached hydrogens (tertiary/aromatic N) is 2. The van der Waals surface area contributed by atoms with Gasteiger partial charge in [0.1, 0.15) is 11.4 Å². The number of carboxylic acid groups (broad SMARTS) is 1. The van der Waals surface area contributed by atoms with Crippen LogP contribution in [0.4, 0.5) is 5.82 Å². The molecule has 1 aliphatic carbocycles. The number of carboxylic acids is 1. The number of aromatic carboxylic acids is 1. The molecule has 3 rings (SSSR count). The molecule has 1 fully saturated rings. The van der Waals surface area contributed by atoms with Crippen LogP contribution < -0.4 is 5.32 Å². The van der Waals surface area contributed by atoms with Gasteiger partial charge in [-0.05, 0) is 63.2 Å². The predicted octanol–water partition coefficient (Wildman–Crippen LogP) is 2.02. The lowest BCUT2D eigenvalue weighted by molar-refractivity contribution is 0.0697. The molecular weight excluding hydrogens is 266 g/mol. The normalized spacial score (nSPS) is 22.0. The van der Waals surface area contributed by atoms with Crippen LogP contribution in [0, 0.1) is 5.92 Å². The Labute approximate surface area is 125 Å². The van der Waals surface area contributed by atoms with Gasteiger partial charge in [-0.1, -0.05) is 0 Å². The summed E-state index contributed by atoms with van der Waals surface area (Å²) in [6, 6.07) is 1.83. The summed E-state index contributed by atoms with van der Waals surface area (Å²) in [5.41, 5.74) is 2.52. The fraction of sp³-hybridized carbons (Fsp3) is 0.625. The number of anilines is 1. The molecule has 21 heavy (non-hydrogen) atoms. The third-order valence-electron chi connectivity index (χ3n) is 4.58. The molecule has 0 aromatic carbocycles. The van der Waals surface area contributed by atoms with E-state index in [0.29, 0.717) is 17.3 Å². The average Bonchev–Trinajstić information content (AvgIpc) is 2.89. The Kier molecular flexibility index (Phi) is 4.10. The van der Waals surface area contributed by atoms with Gasteiger partial charge in [-0.3, -0.25) is 0 Å². The van der Waals surface area contributed by atoms with Crippen LogP contribution in [0.2, 0.25) is 0 Å². The summed E-state index contributed by atoms with van der Waals surface area (Å²) in [6.07, 6.45) is 5.37. The van der Waals surface area contributed by atoms with Crippen LogP contribution in [0.5, 0.6) is 0 Å². The second-order valence-electron chi connectivity index (χ2n) is 6.30. The number of hydrogen-bond acceptors (Lipinski definition) is 4. The summed E-state index contributed by atoms with van der Waals surface area (Å²) >= 11 is 0. The zero-order valence-electron chi connectivity index (χ0n) is 12.6. The molecule has 1 saturated heterocycles. The number of hydrogen-bond donors (Lipinski definition) is 2. The molecule has 5 heteroatoms. The zero-order chi connectivity index (χ0) is 14.8. The van der Waals surface area contributed by atoms with E-state index < -0.39 is 5.97 Å². The number of rotatable bonds is 4. The van der Waals surface area contributed by atoms with E-state index in [1.165, 1.54) is 0 Å². The van der Waals surface area contributed by atoms with E-state index in [1.807, 2.05) is 6.07 Å². The first-order valence-electron chi connectivity index (χ1n) is 7.82. The van der Waals surface area contributed by atoms with Crippen LogP contribution in [0.15, 0.2) is 6.07 Å². The van der Waals surface area contributed by atoms with Gasteiger partial charge in [-0.2, -0.15) is 0 Å². The lowest BCUT2D eigenvalue weighted by Gasteiger charge is -2.19. The highest BCUT2D eigenvalue weighted by atomic mass is 16.4. The maximum Gasteiger partial charge on any atom is 0.339 e. The zero-order valence-corrected chi connectivity index (χ0v) is 12.6. The highest BCUT2D eigenvalue weighted by Gasteiger charge is 2.22. The summed E-state index contributed by atoms with van der Waals surface area (Å²) in [5, 5.41) is 12.7. The standard InChI is InChI=1S/C16H23N3O2/c1-19-7-6-11(10-19)9-17-15-13(16(20)21)8-12-4-2-3-5-14(12)18-15/h8,11H,2-7,9-10H2,1H3,(H,17,18)(H,20,21). The fourth-order valence-corrected chi connectivity index (χ4v) is 3.37. The Bertz CT molecular complexity index is 545. The van der Waals surface area contributed by atoms with Gasteiger partial charge < -0.3 is 15.3 Å². The molecule has 0 bridgehead atoms. The first kappa shape index (κ1) is 14.3. The molecule has 2 aliphatic rings. The molecule has 2 heterocycles. The van der Waals surface area contributed by atoms with E-state index in [2.05, 4.69) is 22.2 Å². The minimum Gasteiger partial charge on any atom is -0.478 e. The quantitative estimate of drug-likeness (QED) is 0.888. The van der Waals surface area contributed by atoms with Crippen molar-refractivity contribution in [3.8, 4) is 0 Å². The molecule has 0 amide bonds. The minimum atomic E-state index is -0.887. The Morgan fingerprint density at radius 1 is 1.48 bits per heavy atom. The number of aryl methyl sites for hydroxylation is 2. The van der Waals surface area contributed by atoms with Gasteiger partial charge in [0.25, 0.3) is 0 Å². The Morgan fingerprint density at radius 2 is 2.29 bits per heavy atom. The third kappa shape index (κ3) is 3.18. The molecule has 5 nitrogen and oxygen atoms in total.